The molecule has 5 rings (SSSR count). The van der Waals surface area contributed by atoms with Gasteiger partial charge in [-0.25, -0.2) is 14.4 Å². The highest BCUT2D eigenvalue weighted by molar-refractivity contribution is 7.90. The minimum Gasteiger partial charge on any atom is -0.612 e. The van der Waals surface area contributed by atoms with E-state index in [1.54, 1.807) is 29.4 Å². The molecule has 1 aliphatic rings. The van der Waals surface area contributed by atoms with Crippen molar-refractivity contribution in [2.75, 3.05) is 6.26 Å². The molecule has 4 aromatic rings. The van der Waals surface area contributed by atoms with Crippen LogP contribution in [0.1, 0.15) is 24.5 Å². The van der Waals surface area contributed by atoms with Crippen LogP contribution in [0.4, 0.5) is 4.39 Å². The first kappa shape index (κ1) is 17.3. The summed E-state index contributed by atoms with van der Waals surface area (Å²) in [6.07, 6.45) is 7.05. The Morgan fingerprint density at radius 2 is 1.86 bits per heavy atom. The van der Waals surface area contributed by atoms with Crippen LogP contribution in [-0.4, -0.2) is 30.6 Å². The van der Waals surface area contributed by atoms with E-state index in [-0.39, 0.29) is 0 Å². The summed E-state index contributed by atoms with van der Waals surface area (Å²) in [5, 5.41) is 5.88. The molecule has 1 fully saturated rings. The van der Waals surface area contributed by atoms with E-state index in [2.05, 4.69) is 16.0 Å². The number of hydrogen-bond donors (Lipinski definition) is 0. The molecule has 0 N–H and O–H groups in total. The van der Waals surface area contributed by atoms with Crippen molar-refractivity contribution in [2.24, 2.45) is 0 Å². The topological polar surface area (TPSA) is 66.7 Å². The van der Waals surface area contributed by atoms with E-state index < -0.39 is 17.0 Å². The molecule has 5 nitrogen and oxygen atoms in total. The number of para-hydroxylation sites is 1. The zero-order valence-corrected chi connectivity index (χ0v) is 16.0. The summed E-state index contributed by atoms with van der Waals surface area (Å²) in [7, 11) is 0. The number of aromatic nitrogens is 4. The van der Waals surface area contributed by atoms with Gasteiger partial charge in [0.2, 0.25) is 0 Å². The molecule has 2 heterocycles. The molecule has 140 valence electrons. The Labute approximate surface area is 164 Å². The Morgan fingerprint density at radius 1 is 1.11 bits per heavy atom. The third kappa shape index (κ3) is 2.96. The molecule has 0 spiro atoms. The molecule has 0 amide bonds. The van der Waals surface area contributed by atoms with Crippen LogP contribution in [0.5, 0.6) is 0 Å². The van der Waals surface area contributed by atoms with Gasteiger partial charge in [0, 0.05) is 40.9 Å². The van der Waals surface area contributed by atoms with E-state index in [4.69, 9.17) is 5.10 Å². The monoisotopic (exact) mass is 392 g/mol. The van der Waals surface area contributed by atoms with E-state index >= 15 is 0 Å². The molecule has 1 atom stereocenters. The van der Waals surface area contributed by atoms with Crippen LogP contribution in [0.15, 0.2) is 59.8 Å². The minimum atomic E-state index is -1.19. The second-order valence-electron chi connectivity index (χ2n) is 6.96. The molecule has 1 unspecified atom stereocenters. The Bertz CT molecular complexity index is 1170. The largest absolute Gasteiger partial charge is 0.612 e. The molecule has 1 saturated carbocycles. The number of fused-ring (bicyclic) bond motifs is 1. The second-order valence-corrected chi connectivity index (χ2v) is 8.34. The molecular formula is C21H17FN4OS. The number of benzene rings is 2. The molecule has 0 bridgehead atoms. The van der Waals surface area contributed by atoms with Gasteiger partial charge in [-0.15, -0.1) is 0 Å². The number of rotatable bonds is 4. The molecule has 0 saturated heterocycles. The van der Waals surface area contributed by atoms with Gasteiger partial charge in [0.15, 0.2) is 4.90 Å². The van der Waals surface area contributed by atoms with Crippen molar-refractivity contribution in [3.05, 3.63) is 66.4 Å². The van der Waals surface area contributed by atoms with Gasteiger partial charge < -0.3 is 4.55 Å². The highest BCUT2D eigenvalue weighted by Gasteiger charge is 2.29. The van der Waals surface area contributed by atoms with Crippen LogP contribution < -0.4 is 0 Å². The third-order valence-electron chi connectivity index (χ3n) is 4.99. The van der Waals surface area contributed by atoms with Gasteiger partial charge in [0.1, 0.15) is 12.1 Å². The first-order chi connectivity index (χ1) is 13.6. The molecule has 2 aromatic carbocycles. The lowest BCUT2D eigenvalue weighted by Crippen LogP contribution is -2.04. The van der Waals surface area contributed by atoms with Gasteiger partial charge in [0.25, 0.3) is 5.95 Å². The van der Waals surface area contributed by atoms with E-state index in [0.29, 0.717) is 27.9 Å². The summed E-state index contributed by atoms with van der Waals surface area (Å²) in [5.41, 5.74) is 2.93. The van der Waals surface area contributed by atoms with Crippen molar-refractivity contribution in [3.8, 4) is 17.1 Å². The average Bonchev–Trinajstić information content (AvgIpc) is 3.49. The van der Waals surface area contributed by atoms with E-state index in [0.717, 1.165) is 29.4 Å². The van der Waals surface area contributed by atoms with Crippen LogP contribution in [0, 0.1) is 5.82 Å². The number of nitrogens with zero attached hydrogens (tertiary/aromatic N) is 4. The Balaban J connectivity index is 1.57. The zero-order chi connectivity index (χ0) is 19.3. The maximum atomic E-state index is 14.3. The van der Waals surface area contributed by atoms with Crippen LogP contribution in [-0.2, 0) is 11.2 Å². The van der Waals surface area contributed by atoms with Gasteiger partial charge >= 0.3 is 0 Å². The summed E-state index contributed by atoms with van der Waals surface area (Å²) in [5.74, 6) is 0.561. The normalized spacial score (nSPS) is 15.1. The molecule has 0 aliphatic heterocycles. The minimum absolute atomic E-state index is 0.336. The highest BCUT2D eigenvalue weighted by atomic mass is 32.2. The quantitative estimate of drug-likeness (QED) is 0.487. The number of halogens is 1. The molecule has 0 radical (unpaired) electrons. The number of hydrogen-bond acceptors (Lipinski definition) is 4. The van der Waals surface area contributed by atoms with Crippen LogP contribution in [0.2, 0.25) is 0 Å². The van der Waals surface area contributed by atoms with Crippen LogP contribution >= 0.6 is 0 Å². The van der Waals surface area contributed by atoms with Crippen LogP contribution in [0.3, 0.4) is 0 Å². The Hall–Kier alpha value is -2.77. The molecule has 28 heavy (non-hydrogen) atoms. The smallest absolute Gasteiger partial charge is 0.251 e. The van der Waals surface area contributed by atoms with Crippen molar-refractivity contribution in [3.63, 3.8) is 0 Å². The fourth-order valence-electron chi connectivity index (χ4n) is 3.38. The maximum Gasteiger partial charge on any atom is 0.251 e. The molecule has 2 aromatic heterocycles. The van der Waals surface area contributed by atoms with Gasteiger partial charge in [-0.05, 0) is 42.2 Å². The average molecular weight is 392 g/mol. The summed E-state index contributed by atoms with van der Waals surface area (Å²) in [6, 6.07) is 12.5. The van der Waals surface area contributed by atoms with Crippen molar-refractivity contribution >= 4 is 22.1 Å². The lowest BCUT2D eigenvalue weighted by Gasteiger charge is -2.08. The summed E-state index contributed by atoms with van der Waals surface area (Å²) in [6.45, 7) is 0. The predicted molar refractivity (Wildman–Crippen MR) is 106 cm³/mol. The fourth-order valence-corrected chi connectivity index (χ4v) is 3.92. The van der Waals surface area contributed by atoms with Crippen molar-refractivity contribution < 1.29 is 8.94 Å². The third-order valence-corrected chi connectivity index (χ3v) is 5.91. The summed E-state index contributed by atoms with van der Waals surface area (Å²) in [4.78, 5) is 9.42. The Morgan fingerprint density at radius 3 is 2.57 bits per heavy atom. The van der Waals surface area contributed by atoms with E-state index in [1.807, 2.05) is 18.2 Å². The van der Waals surface area contributed by atoms with Crippen LogP contribution in [0.25, 0.3) is 28.0 Å². The lowest BCUT2D eigenvalue weighted by molar-refractivity contribution is 0.599. The SMILES string of the molecule is C[S+]([O-])c1ccc(F)c(-c2cnc(-n3nc(C4CC4)c4ccccc43)nc2)c1. The fraction of sp³-hybridized carbons (Fsp3) is 0.190. The van der Waals surface area contributed by atoms with Gasteiger partial charge in [-0.3, -0.25) is 0 Å². The second kappa shape index (κ2) is 6.68. The van der Waals surface area contributed by atoms with E-state index in [1.165, 1.54) is 12.1 Å². The summed E-state index contributed by atoms with van der Waals surface area (Å²) < 4.78 is 27.7. The van der Waals surface area contributed by atoms with Gasteiger partial charge in [-0.1, -0.05) is 18.2 Å². The zero-order valence-electron chi connectivity index (χ0n) is 15.2. The van der Waals surface area contributed by atoms with Crippen molar-refractivity contribution in [1.82, 2.24) is 19.7 Å². The molecule has 7 heteroatoms. The first-order valence-electron chi connectivity index (χ1n) is 9.05. The lowest BCUT2D eigenvalue weighted by atomic mass is 10.1. The molecule has 1 aliphatic carbocycles. The predicted octanol–water partition coefficient (Wildman–Crippen LogP) is 4.24. The Kier molecular flexibility index (Phi) is 4.14. The maximum absolute atomic E-state index is 14.3. The standard InChI is InChI=1S/C21H17FN4OS/c1-28(27)15-8-9-18(22)17(10-15)14-11-23-21(24-12-14)26-19-5-3-2-4-16(19)20(25-26)13-6-7-13/h2-5,8-13H,6-7H2,1H3. The summed E-state index contributed by atoms with van der Waals surface area (Å²) >= 11 is -1.19. The molecular weight excluding hydrogens is 375 g/mol. The highest BCUT2D eigenvalue weighted by Crippen LogP contribution is 2.42. The van der Waals surface area contributed by atoms with Gasteiger partial charge in [0.05, 0.1) is 11.2 Å². The van der Waals surface area contributed by atoms with Gasteiger partial charge in [-0.2, -0.15) is 9.78 Å². The van der Waals surface area contributed by atoms with Crippen molar-refractivity contribution in [2.45, 2.75) is 23.7 Å². The van der Waals surface area contributed by atoms with E-state index in [9.17, 15) is 8.94 Å². The van der Waals surface area contributed by atoms with Crippen molar-refractivity contribution in [1.29, 1.82) is 0 Å². The first-order valence-corrected chi connectivity index (χ1v) is 10.6.